The number of halogens is 1. The molecule has 4 atom stereocenters. The van der Waals surface area contributed by atoms with E-state index in [-0.39, 0.29) is 29.1 Å². The van der Waals surface area contributed by atoms with Crippen LogP contribution < -0.4 is 25.4 Å². The Hall–Kier alpha value is -4.15. The third-order valence-corrected chi connectivity index (χ3v) is 10.0. The highest BCUT2D eigenvalue weighted by molar-refractivity contribution is 7.80. The molecule has 8 nitrogen and oxygen atoms in total. The van der Waals surface area contributed by atoms with Crippen LogP contribution in [0, 0.1) is 29.5 Å². The van der Waals surface area contributed by atoms with Crippen molar-refractivity contribution >= 4 is 39.8 Å². The maximum Gasteiger partial charge on any atom is 0.230 e. The molecular weight excluding hydrogens is 601 g/mol. The van der Waals surface area contributed by atoms with Crippen LogP contribution in [0.1, 0.15) is 49.7 Å². The number of anilines is 1. The lowest BCUT2D eigenvalue weighted by atomic mass is 9.70. The maximum absolute atomic E-state index is 15.3. The van der Waals surface area contributed by atoms with Gasteiger partial charge >= 0.3 is 0 Å². The molecule has 1 aliphatic heterocycles. The summed E-state index contributed by atoms with van der Waals surface area (Å²) in [5.41, 5.74) is 3.09. The number of benzene rings is 3. The first kappa shape index (κ1) is 30.5. The van der Waals surface area contributed by atoms with Crippen molar-refractivity contribution in [3.63, 3.8) is 0 Å². The van der Waals surface area contributed by atoms with Crippen molar-refractivity contribution in [2.24, 2.45) is 23.7 Å². The molecule has 3 fully saturated rings. The van der Waals surface area contributed by atoms with Crippen molar-refractivity contribution in [1.29, 1.82) is 0 Å². The number of hydrogen-bond donors (Lipinski definition) is 3. The summed E-state index contributed by atoms with van der Waals surface area (Å²) in [6.45, 7) is 5.25. The molecule has 1 amide bonds. The van der Waals surface area contributed by atoms with E-state index >= 15 is 4.39 Å². The van der Waals surface area contributed by atoms with Crippen LogP contribution in [0.15, 0.2) is 67.0 Å². The standard InChI is InChI=1S/C36H38FN5O3S/c1-21-7-9-27(21)28-15-29-31(16-33(28)44-19-23-11-24-17-38-18-25(24)12-23)39-20-40-35(29)45-32-10-8-26(14-30(32)37)41-36(46)42-34(43)13-22-5-3-2-4-6-22/h2-6,8,10,14-16,20-21,23-25,27,38H,7,9,11-13,17-19H2,1H3,(H2,41,42,43,46). The molecule has 46 heavy (non-hydrogen) atoms. The molecule has 238 valence electrons. The number of rotatable bonds is 9. The summed E-state index contributed by atoms with van der Waals surface area (Å²) in [6.07, 6.45) is 6.34. The highest BCUT2D eigenvalue weighted by Gasteiger charge is 2.38. The van der Waals surface area contributed by atoms with E-state index in [4.69, 9.17) is 21.7 Å². The fourth-order valence-corrected chi connectivity index (χ4v) is 7.45. The molecule has 1 saturated heterocycles. The third-order valence-electron chi connectivity index (χ3n) is 9.83. The Morgan fingerprint density at radius 3 is 2.54 bits per heavy atom. The SMILES string of the molecule is CC1CCC1c1cc2c(Oc3ccc(NC(=S)NC(=O)Cc4ccccc4)cc3F)ncnc2cc1OCC1CC2CNCC2C1. The highest BCUT2D eigenvalue weighted by Crippen LogP contribution is 2.48. The average Bonchev–Trinajstić information content (AvgIpc) is 3.64. The number of fused-ring (bicyclic) bond motifs is 2. The van der Waals surface area contributed by atoms with Gasteiger partial charge in [0.15, 0.2) is 16.7 Å². The molecule has 2 saturated carbocycles. The van der Waals surface area contributed by atoms with E-state index in [2.05, 4.69) is 38.9 Å². The van der Waals surface area contributed by atoms with Gasteiger partial charge in [0, 0.05) is 17.8 Å². The second-order valence-corrected chi connectivity index (χ2v) is 13.4. The van der Waals surface area contributed by atoms with Gasteiger partial charge in [-0.25, -0.2) is 14.4 Å². The second-order valence-electron chi connectivity index (χ2n) is 13.0. The lowest BCUT2D eigenvalue weighted by Crippen LogP contribution is -2.35. The second kappa shape index (κ2) is 13.3. The van der Waals surface area contributed by atoms with Crippen LogP contribution in [0.4, 0.5) is 10.1 Å². The van der Waals surface area contributed by atoms with E-state index in [1.54, 1.807) is 6.07 Å². The zero-order chi connectivity index (χ0) is 31.6. The molecule has 0 radical (unpaired) electrons. The monoisotopic (exact) mass is 639 g/mol. The summed E-state index contributed by atoms with van der Waals surface area (Å²) >= 11 is 5.27. The molecule has 2 aliphatic carbocycles. The number of nitrogens with one attached hydrogen (secondary N) is 3. The Morgan fingerprint density at radius 2 is 1.83 bits per heavy atom. The van der Waals surface area contributed by atoms with Crippen molar-refractivity contribution in [1.82, 2.24) is 20.6 Å². The number of amides is 1. The molecule has 3 aliphatic rings. The lowest BCUT2D eigenvalue weighted by Gasteiger charge is -2.35. The van der Waals surface area contributed by atoms with Gasteiger partial charge in [0.1, 0.15) is 12.1 Å². The van der Waals surface area contributed by atoms with Crippen LogP contribution in [0.3, 0.4) is 0 Å². The number of thiocarbonyl (C=S) groups is 1. The topological polar surface area (TPSA) is 97.4 Å². The molecule has 1 aromatic heterocycles. The molecule has 2 heterocycles. The maximum atomic E-state index is 15.3. The minimum absolute atomic E-state index is 0.0183. The van der Waals surface area contributed by atoms with Crippen molar-refractivity contribution < 1.29 is 18.7 Å². The Labute approximate surface area is 273 Å². The fraction of sp³-hybridized carbons (Fsp3) is 0.389. The van der Waals surface area contributed by atoms with E-state index in [9.17, 15) is 4.79 Å². The van der Waals surface area contributed by atoms with Crippen LogP contribution in [-0.4, -0.2) is 40.7 Å². The van der Waals surface area contributed by atoms with Gasteiger partial charge in [-0.3, -0.25) is 4.79 Å². The van der Waals surface area contributed by atoms with Crippen LogP contribution in [0.25, 0.3) is 10.9 Å². The van der Waals surface area contributed by atoms with Gasteiger partial charge in [0.2, 0.25) is 11.8 Å². The summed E-state index contributed by atoms with van der Waals surface area (Å²) in [5, 5.41) is 9.82. The minimum Gasteiger partial charge on any atom is -0.493 e. The van der Waals surface area contributed by atoms with Gasteiger partial charge < -0.3 is 25.4 Å². The number of nitrogens with zero attached hydrogens (tertiary/aromatic N) is 2. The van der Waals surface area contributed by atoms with E-state index in [1.807, 2.05) is 36.4 Å². The molecule has 10 heteroatoms. The Bertz CT molecular complexity index is 1740. The highest BCUT2D eigenvalue weighted by atomic mass is 32.1. The van der Waals surface area contributed by atoms with Crippen LogP contribution >= 0.6 is 12.2 Å². The largest absolute Gasteiger partial charge is 0.493 e. The number of carbonyl (C=O) groups is 1. The fourth-order valence-electron chi connectivity index (χ4n) is 7.22. The van der Waals surface area contributed by atoms with Crippen molar-refractivity contribution in [2.75, 3.05) is 25.0 Å². The first-order chi connectivity index (χ1) is 22.4. The Balaban J connectivity index is 1.05. The Kier molecular flexibility index (Phi) is 8.82. The molecule has 3 N–H and O–H groups in total. The average molecular weight is 640 g/mol. The van der Waals surface area contributed by atoms with Crippen LogP contribution in [0.2, 0.25) is 0 Å². The smallest absolute Gasteiger partial charge is 0.230 e. The minimum atomic E-state index is -0.598. The van der Waals surface area contributed by atoms with Gasteiger partial charge in [-0.1, -0.05) is 37.3 Å². The van der Waals surface area contributed by atoms with Gasteiger partial charge in [-0.05, 0) is 110 Å². The first-order valence-corrected chi connectivity index (χ1v) is 16.5. The summed E-state index contributed by atoms with van der Waals surface area (Å²) in [7, 11) is 0. The number of hydrogen-bond acceptors (Lipinski definition) is 7. The third kappa shape index (κ3) is 6.69. The van der Waals surface area contributed by atoms with E-state index in [1.165, 1.54) is 37.7 Å². The van der Waals surface area contributed by atoms with Crippen LogP contribution in [0.5, 0.6) is 17.4 Å². The van der Waals surface area contributed by atoms with E-state index in [0.717, 1.165) is 48.2 Å². The van der Waals surface area contributed by atoms with Crippen molar-refractivity contribution in [3.05, 3.63) is 83.9 Å². The zero-order valence-corrected chi connectivity index (χ0v) is 26.6. The molecule has 3 aromatic carbocycles. The summed E-state index contributed by atoms with van der Waals surface area (Å²) in [6, 6.07) is 17.9. The normalized spacial score (nSPS) is 23.4. The van der Waals surface area contributed by atoms with Gasteiger partial charge in [0.25, 0.3) is 0 Å². The number of aromatic nitrogens is 2. The summed E-state index contributed by atoms with van der Waals surface area (Å²) < 4.78 is 27.9. The number of carbonyl (C=O) groups excluding carboxylic acids is 1. The van der Waals surface area contributed by atoms with E-state index in [0.29, 0.717) is 41.0 Å². The van der Waals surface area contributed by atoms with E-state index < -0.39 is 5.82 Å². The van der Waals surface area contributed by atoms with Gasteiger partial charge in [0.05, 0.1) is 23.9 Å². The zero-order valence-electron chi connectivity index (χ0n) is 25.8. The summed E-state index contributed by atoms with van der Waals surface area (Å²) in [5.74, 6) is 3.39. The predicted octanol–water partition coefficient (Wildman–Crippen LogP) is 6.75. The molecule has 0 bridgehead atoms. The quantitative estimate of drug-likeness (QED) is 0.173. The Morgan fingerprint density at radius 1 is 1.02 bits per heavy atom. The summed E-state index contributed by atoms with van der Waals surface area (Å²) in [4.78, 5) is 21.3. The first-order valence-electron chi connectivity index (χ1n) is 16.1. The molecule has 0 spiro atoms. The molecular formula is C36H38FN5O3S. The lowest BCUT2D eigenvalue weighted by molar-refractivity contribution is -0.119. The van der Waals surface area contributed by atoms with Crippen molar-refractivity contribution in [3.8, 4) is 17.4 Å². The number of ether oxygens (including phenoxy) is 2. The molecule has 4 unspecified atom stereocenters. The molecule has 4 aromatic rings. The predicted molar refractivity (Wildman–Crippen MR) is 180 cm³/mol. The van der Waals surface area contributed by atoms with Gasteiger partial charge in [-0.2, -0.15) is 0 Å². The van der Waals surface area contributed by atoms with Crippen molar-refractivity contribution in [2.45, 2.75) is 44.9 Å². The molecule has 7 rings (SSSR count). The van der Waals surface area contributed by atoms with Crippen LogP contribution in [-0.2, 0) is 11.2 Å². The van der Waals surface area contributed by atoms with Gasteiger partial charge in [-0.15, -0.1) is 0 Å².